The molecule has 0 radical (unpaired) electrons. The molecular weight excluding hydrogens is 454 g/mol. The summed E-state index contributed by atoms with van der Waals surface area (Å²) in [6, 6.07) is 9.00. The molecule has 1 atom stereocenters. The predicted octanol–water partition coefficient (Wildman–Crippen LogP) is 5.72. The molecule has 202 valence electrons. The van der Waals surface area contributed by atoms with Gasteiger partial charge in [0.25, 0.3) is 0 Å². The molecule has 1 fully saturated rings. The highest BCUT2D eigenvalue weighted by Gasteiger charge is 2.34. The highest BCUT2D eigenvalue weighted by molar-refractivity contribution is 5.86. The lowest BCUT2D eigenvalue weighted by atomic mass is 10.1. The first-order valence-electron chi connectivity index (χ1n) is 14.1. The molecule has 1 aromatic rings. The Morgan fingerprint density at radius 2 is 1.50 bits per heavy atom. The van der Waals surface area contributed by atoms with Crippen LogP contribution in [0.5, 0.6) is 0 Å². The van der Waals surface area contributed by atoms with E-state index in [1.807, 2.05) is 30.3 Å². The maximum Gasteiger partial charge on any atom is 0.410 e. The highest BCUT2D eigenvalue weighted by Crippen LogP contribution is 2.19. The summed E-state index contributed by atoms with van der Waals surface area (Å²) in [6.45, 7) is 4.11. The number of rotatable bonds is 18. The van der Waals surface area contributed by atoms with Crippen molar-refractivity contribution in [3.8, 4) is 0 Å². The van der Waals surface area contributed by atoms with Crippen molar-refractivity contribution in [1.29, 1.82) is 0 Å². The van der Waals surface area contributed by atoms with E-state index in [4.69, 9.17) is 4.74 Å². The van der Waals surface area contributed by atoms with Gasteiger partial charge in [-0.2, -0.15) is 0 Å². The third kappa shape index (κ3) is 12.4. The number of likely N-dealkylation sites (tertiary alicyclic amines) is 1. The van der Waals surface area contributed by atoms with Crippen molar-refractivity contribution in [2.75, 3.05) is 19.6 Å². The number of carbonyl (C=O) groups excluding carboxylic acids is 3. The van der Waals surface area contributed by atoms with Crippen LogP contribution in [0.25, 0.3) is 0 Å². The molecule has 1 heterocycles. The second kappa shape index (κ2) is 18.7. The van der Waals surface area contributed by atoms with Gasteiger partial charge >= 0.3 is 6.09 Å². The summed E-state index contributed by atoms with van der Waals surface area (Å²) in [5.41, 5.74) is 0.914. The van der Waals surface area contributed by atoms with Gasteiger partial charge in [0.1, 0.15) is 12.6 Å². The van der Waals surface area contributed by atoms with Crippen molar-refractivity contribution < 1.29 is 19.1 Å². The van der Waals surface area contributed by atoms with Crippen molar-refractivity contribution in [1.82, 2.24) is 15.5 Å². The van der Waals surface area contributed by atoms with Gasteiger partial charge in [-0.05, 0) is 31.2 Å². The van der Waals surface area contributed by atoms with Gasteiger partial charge < -0.3 is 15.4 Å². The Morgan fingerprint density at radius 1 is 0.861 bits per heavy atom. The molecule has 7 heteroatoms. The summed E-state index contributed by atoms with van der Waals surface area (Å²) < 4.78 is 5.40. The van der Waals surface area contributed by atoms with Gasteiger partial charge in [-0.25, -0.2) is 4.79 Å². The zero-order valence-electron chi connectivity index (χ0n) is 22.3. The van der Waals surface area contributed by atoms with Crippen molar-refractivity contribution in [3.63, 3.8) is 0 Å². The third-order valence-electron chi connectivity index (χ3n) is 6.73. The number of unbranched alkanes of at least 4 members (excludes halogenated alkanes) is 9. The number of hydrogen-bond donors (Lipinski definition) is 2. The molecule has 0 aromatic heterocycles. The van der Waals surface area contributed by atoms with Gasteiger partial charge in [-0.3, -0.25) is 14.5 Å². The Hall–Kier alpha value is -2.57. The quantitative estimate of drug-likeness (QED) is 0.252. The number of nitrogens with one attached hydrogen (secondary N) is 2. The fourth-order valence-corrected chi connectivity index (χ4v) is 4.57. The van der Waals surface area contributed by atoms with Gasteiger partial charge in [-0.1, -0.05) is 95.0 Å². The van der Waals surface area contributed by atoms with Crippen LogP contribution in [-0.4, -0.2) is 48.5 Å². The van der Waals surface area contributed by atoms with Crippen LogP contribution in [0.1, 0.15) is 102 Å². The van der Waals surface area contributed by atoms with Crippen molar-refractivity contribution in [2.45, 2.75) is 109 Å². The fraction of sp³-hybridized carbons (Fsp3) is 0.690. The fourth-order valence-electron chi connectivity index (χ4n) is 4.57. The van der Waals surface area contributed by atoms with E-state index in [0.717, 1.165) is 31.4 Å². The molecule has 0 aliphatic carbocycles. The van der Waals surface area contributed by atoms with Crippen LogP contribution in [-0.2, 0) is 20.9 Å². The molecule has 2 N–H and O–H groups in total. The summed E-state index contributed by atoms with van der Waals surface area (Å²) in [4.78, 5) is 38.6. The Kier molecular flexibility index (Phi) is 15.4. The number of hydrogen-bond acceptors (Lipinski definition) is 4. The standard InChI is InChI=1S/C29H47N3O4/c1-2-3-4-5-6-7-8-9-10-14-21-30-27(33)20-15-22-31-28(34)26-19-16-23-32(26)29(35)36-24-25-17-12-11-13-18-25/h11-13,17-18,26H,2-10,14-16,19-24H2,1H3,(H,30,33)(H,31,34)/t26-/m0/s1. The molecule has 1 aromatic carbocycles. The van der Waals surface area contributed by atoms with Crippen LogP contribution in [0.3, 0.4) is 0 Å². The minimum Gasteiger partial charge on any atom is -0.445 e. The highest BCUT2D eigenvalue weighted by atomic mass is 16.6. The first kappa shape index (κ1) is 29.7. The lowest BCUT2D eigenvalue weighted by Gasteiger charge is -2.23. The van der Waals surface area contributed by atoms with E-state index in [1.165, 1.54) is 56.3 Å². The molecule has 0 saturated carbocycles. The Bertz CT molecular complexity index is 756. The largest absolute Gasteiger partial charge is 0.445 e. The molecule has 0 spiro atoms. The molecule has 3 amide bonds. The first-order chi connectivity index (χ1) is 17.6. The molecule has 1 saturated heterocycles. The number of benzene rings is 1. The molecule has 1 aliphatic heterocycles. The van der Waals surface area contributed by atoms with Crippen LogP contribution in [0.15, 0.2) is 30.3 Å². The molecule has 36 heavy (non-hydrogen) atoms. The van der Waals surface area contributed by atoms with E-state index in [1.54, 1.807) is 0 Å². The summed E-state index contributed by atoms with van der Waals surface area (Å²) in [6.07, 6.45) is 14.7. The third-order valence-corrected chi connectivity index (χ3v) is 6.73. The Morgan fingerprint density at radius 3 is 2.19 bits per heavy atom. The normalized spacial score (nSPS) is 15.0. The summed E-state index contributed by atoms with van der Waals surface area (Å²) in [5.74, 6) is -0.137. The van der Waals surface area contributed by atoms with Crippen molar-refractivity contribution in [3.05, 3.63) is 35.9 Å². The molecule has 1 aliphatic rings. The van der Waals surface area contributed by atoms with Crippen LogP contribution >= 0.6 is 0 Å². The Balaban J connectivity index is 1.48. The monoisotopic (exact) mass is 501 g/mol. The van der Waals surface area contributed by atoms with E-state index in [2.05, 4.69) is 17.6 Å². The smallest absolute Gasteiger partial charge is 0.410 e. The van der Waals surface area contributed by atoms with Gasteiger partial charge in [-0.15, -0.1) is 0 Å². The number of carbonyl (C=O) groups is 3. The average Bonchev–Trinajstić information content (AvgIpc) is 3.39. The Labute approximate surface area is 217 Å². The maximum atomic E-state index is 12.6. The SMILES string of the molecule is CCCCCCCCCCCCNC(=O)CCCNC(=O)[C@@H]1CCCN1C(=O)OCc1ccccc1. The minimum atomic E-state index is -0.501. The topological polar surface area (TPSA) is 87.7 Å². The van der Waals surface area contributed by atoms with Gasteiger partial charge in [0.15, 0.2) is 0 Å². The lowest BCUT2D eigenvalue weighted by Crippen LogP contribution is -2.46. The van der Waals surface area contributed by atoms with E-state index >= 15 is 0 Å². The molecule has 7 nitrogen and oxygen atoms in total. The van der Waals surface area contributed by atoms with Crippen molar-refractivity contribution in [2.24, 2.45) is 0 Å². The second-order valence-electron chi connectivity index (χ2n) is 9.82. The summed E-state index contributed by atoms with van der Waals surface area (Å²) in [7, 11) is 0. The van der Waals surface area contributed by atoms with Crippen LogP contribution in [0.2, 0.25) is 0 Å². The zero-order valence-corrected chi connectivity index (χ0v) is 22.3. The van der Waals surface area contributed by atoms with Crippen LogP contribution < -0.4 is 10.6 Å². The number of amides is 3. The minimum absolute atomic E-state index is 0.0344. The average molecular weight is 502 g/mol. The molecule has 2 rings (SSSR count). The maximum absolute atomic E-state index is 12.6. The molecular formula is C29H47N3O4. The van der Waals surface area contributed by atoms with Crippen molar-refractivity contribution >= 4 is 17.9 Å². The van der Waals surface area contributed by atoms with E-state index in [9.17, 15) is 14.4 Å². The van der Waals surface area contributed by atoms with Gasteiger partial charge in [0, 0.05) is 26.1 Å². The second-order valence-corrected chi connectivity index (χ2v) is 9.82. The molecule has 0 unspecified atom stereocenters. The first-order valence-corrected chi connectivity index (χ1v) is 14.1. The predicted molar refractivity (Wildman–Crippen MR) is 143 cm³/mol. The number of ether oxygens (including phenoxy) is 1. The van der Waals surface area contributed by atoms with Gasteiger partial charge in [0.2, 0.25) is 11.8 Å². The van der Waals surface area contributed by atoms with Gasteiger partial charge in [0.05, 0.1) is 0 Å². The summed E-state index contributed by atoms with van der Waals surface area (Å²) in [5, 5.41) is 5.86. The van der Waals surface area contributed by atoms with Crippen LogP contribution in [0.4, 0.5) is 4.79 Å². The van der Waals surface area contributed by atoms with E-state index < -0.39 is 12.1 Å². The lowest BCUT2D eigenvalue weighted by molar-refractivity contribution is -0.125. The number of nitrogens with zero attached hydrogens (tertiary/aromatic N) is 1. The zero-order chi connectivity index (χ0) is 25.8. The molecule has 0 bridgehead atoms. The summed E-state index contributed by atoms with van der Waals surface area (Å²) >= 11 is 0. The van der Waals surface area contributed by atoms with E-state index in [0.29, 0.717) is 32.4 Å². The van der Waals surface area contributed by atoms with E-state index in [-0.39, 0.29) is 18.4 Å². The van der Waals surface area contributed by atoms with Crippen LogP contribution in [0, 0.1) is 0 Å².